The summed E-state index contributed by atoms with van der Waals surface area (Å²) in [6.45, 7) is 1.17. The zero-order chi connectivity index (χ0) is 11.5. The van der Waals surface area contributed by atoms with E-state index in [1.165, 1.54) is 7.11 Å². The number of aromatic amines is 1. The summed E-state index contributed by atoms with van der Waals surface area (Å²) in [5.41, 5.74) is 1.10. The maximum atomic E-state index is 11.5. The molecule has 0 radical (unpaired) electrons. The molecule has 0 aromatic carbocycles. The molecule has 2 N–H and O–H groups in total. The van der Waals surface area contributed by atoms with Crippen molar-refractivity contribution >= 4 is 5.97 Å². The summed E-state index contributed by atoms with van der Waals surface area (Å²) in [4.78, 5) is 16.4. The number of β-amino-alcohol motifs (C(OH)–C–C–N with tert-alkyl or cyclic N) is 1. The largest absolute Gasteiger partial charge is 0.468 e. The summed E-state index contributed by atoms with van der Waals surface area (Å²) in [6.07, 6.45) is 3.74. The number of H-pyrrole nitrogens is 1. The van der Waals surface area contributed by atoms with E-state index in [1.807, 2.05) is 23.4 Å². The first-order valence-electron chi connectivity index (χ1n) is 5.32. The van der Waals surface area contributed by atoms with Crippen LogP contribution in [0.4, 0.5) is 0 Å². The predicted octanol–water partition coefficient (Wildman–Crippen LogP) is 0.123. The van der Waals surface area contributed by atoms with Crippen LogP contribution in [0.3, 0.4) is 0 Å². The van der Waals surface area contributed by atoms with Crippen LogP contribution in [0.15, 0.2) is 18.5 Å². The van der Waals surface area contributed by atoms with Crippen molar-refractivity contribution < 1.29 is 14.6 Å². The average Bonchev–Trinajstić information content (AvgIpc) is 2.88. The fourth-order valence-electron chi connectivity index (χ4n) is 2.13. The normalized spacial score (nSPS) is 25.9. The highest BCUT2D eigenvalue weighted by molar-refractivity contribution is 5.76. The number of aliphatic hydroxyl groups is 1. The van der Waals surface area contributed by atoms with Crippen LogP contribution in [-0.4, -0.2) is 46.8 Å². The van der Waals surface area contributed by atoms with E-state index < -0.39 is 6.10 Å². The molecule has 5 nitrogen and oxygen atoms in total. The molecule has 1 aliphatic rings. The number of aromatic nitrogens is 1. The van der Waals surface area contributed by atoms with E-state index in [0.29, 0.717) is 19.5 Å². The minimum atomic E-state index is -0.442. The quantitative estimate of drug-likeness (QED) is 0.716. The number of rotatable bonds is 3. The number of carbonyl (C=O) groups excluding carboxylic acids is 1. The smallest absolute Gasteiger partial charge is 0.323 e. The number of nitrogens with zero attached hydrogens (tertiary/aromatic N) is 1. The second-order valence-electron chi connectivity index (χ2n) is 4.08. The van der Waals surface area contributed by atoms with Gasteiger partial charge in [-0.3, -0.25) is 9.69 Å². The summed E-state index contributed by atoms with van der Waals surface area (Å²) in [6, 6.07) is 1.63. The van der Waals surface area contributed by atoms with Crippen LogP contribution >= 0.6 is 0 Å². The monoisotopic (exact) mass is 224 g/mol. The van der Waals surface area contributed by atoms with Crippen LogP contribution in [0, 0.1) is 0 Å². The van der Waals surface area contributed by atoms with Gasteiger partial charge < -0.3 is 14.8 Å². The number of ether oxygens (including phenoxy) is 1. The van der Waals surface area contributed by atoms with Gasteiger partial charge in [-0.15, -0.1) is 0 Å². The molecule has 1 aromatic heterocycles. The SMILES string of the molecule is COC(=O)[C@@H]1C[C@@H](O)CN1Cc1cc[nH]c1. The molecule has 88 valence electrons. The van der Waals surface area contributed by atoms with E-state index in [9.17, 15) is 9.90 Å². The summed E-state index contributed by atoms with van der Waals surface area (Å²) in [5.74, 6) is -0.271. The Labute approximate surface area is 94.0 Å². The highest BCUT2D eigenvalue weighted by atomic mass is 16.5. The maximum Gasteiger partial charge on any atom is 0.323 e. The lowest BCUT2D eigenvalue weighted by Gasteiger charge is -2.21. The standard InChI is InChI=1S/C11H16N2O3/c1-16-11(15)10-4-9(14)7-13(10)6-8-2-3-12-5-8/h2-3,5,9-10,12,14H,4,6-7H2,1H3/t9-,10+/m1/s1. The van der Waals surface area contributed by atoms with Crippen LogP contribution in [0.5, 0.6) is 0 Å². The van der Waals surface area contributed by atoms with Crippen molar-refractivity contribution in [2.24, 2.45) is 0 Å². The molecular weight excluding hydrogens is 208 g/mol. The van der Waals surface area contributed by atoms with Crippen molar-refractivity contribution in [3.63, 3.8) is 0 Å². The number of nitrogens with one attached hydrogen (secondary N) is 1. The number of methoxy groups -OCH3 is 1. The lowest BCUT2D eigenvalue weighted by molar-refractivity contribution is -0.146. The lowest BCUT2D eigenvalue weighted by atomic mass is 10.2. The van der Waals surface area contributed by atoms with Crippen molar-refractivity contribution in [1.82, 2.24) is 9.88 Å². The van der Waals surface area contributed by atoms with Gasteiger partial charge >= 0.3 is 5.97 Å². The number of hydrogen-bond acceptors (Lipinski definition) is 4. The Morgan fingerprint density at radius 2 is 2.56 bits per heavy atom. The second kappa shape index (κ2) is 4.67. The topological polar surface area (TPSA) is 65.6 Å². The molecule has 0 aliphatic carbocycles. The predicted molar refractivity (Wildman–Crippen MR) is 57.6 cm³/mol. The van der Waals surface area contributed by atoms with Crippen molar-refractivity contribution in [2.75, 3.05) is 13.7 Å². The highest BCUT2D eigenvalue weighted by Crippen LogP contribution is 2.21. The van der Waals surface area contributed by atoms with Gasteiger partial charge in [-0.25, -0.2) is 0 Å². The molecule has 1 aliphatic heterocycles. The Kier molecular flexibility index (Phi) is 3.26. The minimum absolute atomic E-state index is 0.271. The number of aliphatic hydroxyl groups excluding tert-OH is 1. The molecule has 0 spiro atoms. The van der Waals surface area contributed by atoms with Crippen LogP contribution in [0.25, 0.3) is 0 Å². The lowest BCUT2D eigenvalue weighted by Crippen LogP contribution is -2.36. The number of esters is 1. The zero-order valence-corrected chi connectivity index (χ0v) is 9.22. The Balaban J connectivity index is 2.04. The molecule has 2 atom stereocenters. The van der Waals surface area contributed by atoms with E-state index in [2.05, 4.69) is 4.98 Å². The summed E-state index contributed by atoms with van der Waals surface area (Å²) < 4.78 is 4.73. The van der Waals surface area contributed by atoms with Crippen LogP contribution in [-0.2, 0) is 16.1 Å². The van der Waals surface area contributed by atoms with Crippen LogP contribution in [0.2, 0.25) is 0 Å². The van der Waals surface area contributed by atoms with E-state index in [4.69, 9.17) is 4.74 Å². The number of carbonyl (C=O) groups is 1. The molecule has 1 fully saturated rings. The minimum Gasteiger partial charge on any atom is -0.468 e. The van der Waals surface area contributed by atoms with Crippen molar-refractivity contribution in [3.8, 4) is 0 Å². The second-order valence-corrected chi connectivity index (χ2v) is 4.08. The van der Waals surface area contributed by atoms with Crippen molar-refractivity contribution in [3.05, 3.63) is 24.0 Å². The molecule has 0 amide bonds. The maximum absolute atomic E-state index is 11.5. The first kappa shape index (κ1) is 11.2. The molecule has 1 aromatic rings. The molecule has 2 rings (SSSR count). The first-order chi connectivity index (χ1) is 7.70. The van der Waals surface area contributed by atoms with Crippen LogP contribution < -0.4 is 0 Å². The van der Waals surface area contributed by atoms with Gasteiger partial charge in [0.15, 0.2) is 0 Å². The van der Waals surface area contributed by atoms with Gasteiger partial charge in [-0.1, -0.05) is 0 Å². The van der Waals surface area contributed by atoms with Gasteiger partial charge in [0.25, 0.3) is 0 Å². The molecule has 2 heterocycles. The molecule has 0 saturated carbocycles. The summed E-state index contributed by atoms with van der Waals surface area (Å²) >= 11 is 0. The molecule has 5 heteroatoms. The molecule has 0 bridgehead atoms. The van der Waals surface area contributed by atoms with Gasteiger partial charge in [0.05, 0.1) is 13.2 Å². The number of hydrogen-bond donors (Lipinski definition) is 2. The highest BCUT2D eigenvalue weighted by Gasteiger charge is 2.36. The van der Waals surface area contributed by atoms with Crippen molar-refractivity contribution in [1.29, 1.82) is 0 Å². The van der Waals surface area contributed by atoms with Gasteiger partial charge in [-0.05, 0) is 11.6 Å². The Hall–Kier alpha value is -1.33. The molecule has 16 heavy (non-hydrogen) atoms. The molecule has 1 saturated heterocycles. The Morgan fingerprint density at radius 1 is 1.75 bits per heavy atom. The first-order valence-corrected chi connectivity index (χ1v) is 5.32. The van der Waals surface area contributed by atoms with E-state index >= 15 is 0 Å². The van der Waals surface area contributed by atoms with Gasteiger partial charge in [-0.2, -0.15) is 0 Å². The third kappa shape index (κ3) is 2.25. The summed E-state index contributed by atoms with van der Waals surface area (Å²) in [5, 5.41) is 9.59. The van der Waals surface area contributed by atoms with Gasteiger partial charge in [0.1, 0.15) is 6.04 Å². The summed E-state index contributed by atoms with van der Waals surface area (Å²) in [7, 11) is 1.38. The van der Waals surface area contributed by atoms with Crippen LogP contribution in [0.1, 0.15) is 12.0 Å². The van der Waals surface area contributed by atoms with Gasteiger partial charge in [0.2, 0.25) is 0 Å². The Morgan fingerprint density at radius 3 is 3.19 bits per heavy atom. The Bertz CT molecular complexity index is 350. The van der Waals surface area contributed by atoms with Crippen molar-refractivity contribution in [2.45, 2.75) is 25.1 Å². The third-order valence-corrected chi connectivity index (χ3v) is 2.90. The molecular formula is C11H16N2O3. The number of likely N-dealkylation sites (tertiary alicyclic amines) is 1. The van der Waals surface area contributed by atoms with E-state index in [-0.39, 0.29) is 12.0 Å². The van der Waals surface area contributed by atoms with E-state index in [1.54, 1.807) is 0 Å². The third-order valence-electron chi connectivity index (χ3n) is 2.90. The van der Waals surface area contributed by atoms with Gasteiger partial charge in [0, 0.05) is 31.9 Å². The fraction of sp³-hybridized carbons (Fsp3) is 0.545. The fourth-order valence-corrected chi connectivity index (χ4v) is 2.13. The van der Waals surface area contributed by atoms with E-state index in [0.717, 1.165) is 5.56 Å². The molecule has 0 unspecified atom stereocenters. The average molecular weight is 224 g/mol. The zero-order valence-electron chi connectivity index (χ0n) is 9.22.